The van der Waals surface area contributed by atoms with E-state index in [2.05, 4.69) is 10.9 Å². The number of nitrogens with one attached hydrogen (secondary N) is 2. The van der Waals surface area contributed by atoms with Crippen molar-refractivity contribution in [1.82, 2.24) is 0 Å². The van der Waals surface area contributed by atoms with Crippen molar-refractivity contribution < 1.29 is 35.4 Å². The third-order valence-electron chi connectivity index (χ3n) is 3.65. The smallest absolute Gasteiger partial charge is 0.264 e. The minimum Gasteiger partial charge on any atom is -0.493 e. The molecule has 0 aliphatic rings. The van der Waals surface area contributed by atoms with Crippen molar-refractivity contribution in [2.45, 2.75) is 12.8 Å². The Balaban J connectivity index is 0.00000480. The summed E-state index contributed by atoms with van der Waals surface area (Å²) in [6, 6.07) is 14.0. The van der Waals surface area contributed by atoms with Gasteiger partial charge in [-0.2, -0.15) is 16.8 Å². The summed E-state index contributed by atoms with van der Waals surface area (Å²) in [5.41, 5.74) is 7.39. The Morgan fingerprint density at radius 3 is 1.41 bits per heavy atom. The molecular weight excluding hydrogens is 482 g/mol. The largest absolute Gasteiger partial charge is 0.493 e. The van der Waals surface area contributed by atoms with Gasteiger partial charge in [-0.05, 0) is 37.1 Å². The Labute approximate surface area is 232 Å². The fraction of sp³-hybridized carbons (Fsp3) is 0.333. The molecule has 2 aromatic carbocycles. The van der Waals surface area contributed by atoms with E-state index < -0.39 is 20.2 Å². The van der Waals surface area contributed by atoms with Crippen LogP contribution >= 0.6 is 0 Å². The van der Waals surface area contributed by atoms with Gasteiger partial charge in [0.1, 0.15) is 11.5 Å². The molecule has 32 heavy (non-hydrogen) atoms. The monoisotopic (exact) mass is 506 g/mol. The second kappa shape index (κ2) is 15.4. The van der Waals surface area contributed by atoms with Crippen molar-refractivity contribution in [3.63, 3.8) is 0 Å². The van der Waals surface area contributed by atoms with E-state index >= 15 is 0 Å². The first-order valence-corrected chi connectivity index (χ1v) is 12.2. The van der Waals surface area contributed by atoms with Gasteiger partial charge in [-0.15, -0.1) is 0 Å². The molecule has 10 nitrogen and oxygen atoms in total. The van der Waals surface area contributed by atoms with Gasteiger partial charge in [0, 0.05) is 71.2 Å². The molecule has 2 rings (SSSR count). The molecule has 168 valence electrons. The van der Waals surface area contributed by atoms with Crippen molar-refractivity contribution in [3.8, 4) is 11.5 Å². The predicted molar refractivity (Wildman–Crippen MR) is 125 cm³/mol. The van der Waals surface area contributed by atoms with Gasteiger partial charge in [-0.3, -0.25) is 9.11 Å². The maximum absolute atomic E-state index is 10.7. The molecule has 0 atom stereocenters. The van der Waals surface area contributed by atoms with E-state index in [4.69, 9.17) is 18.6 Å². The number of hydrogen-bond acceptors (Lipinski definition) is 8. The molecule has 0 unspecified atom stereocenters. The molecular formula is C18H24N2Na2O8S2. The van der Waals surface area contributed by atoms with Crippen molar-refractivity contribution >= 4 is 90.7 Å². The number of anilines is 2. The van der Waals surface area contributed by atoms with Gasteiger partial charge in [0.25, 0.3) is 20.2 Å². The molecule has 0 spiro atoms. The Kier molecular flexibility index (Phi) is 15.1. The molecule has 0 saturated carbocycles. The van der Waals surface area contributed by atoms with Crippen LogP contribution in [0.4, 0.5) is 11.4 Å². The number of hydrazine groups is 1. The summed E-state index contributed by atoms with van der Waals surface area (Å²) in [4.78, 5) is 0. The molecule has 0 bridgehead atoms. The summed E-state index contributed by atoms with van der Waals surface area (Å²) in [5.74, 6) is 0.350. The second-order valence-corrected chi connectivity index (χ2v) is 9.43. The average Bonchev–Trinajstić information content (AvgIpc) is 2.66. The van der Waals surface area contributed by atoms with Gasteiger partial charge in [-0.25, -0.2) is 0 Å². The third-order valence-corrected chi connectivity index (χ3v) is 5.26. The minimum absolute atomic E-state index is 0. The van der Waals surface area contributed by atoms with Crippen LogP contribution < -0.4 is 20.3 Å². The quantitative estimate of drug-likeness (QED) is 0.137. The molecule has 2 radical (unpaired) electrons. The van der Waals surface area contributed by atoms with Gasteiger partial charge >= 0.3 is 0 Å². The average molecular weight is 507 g/mol. The van der Waals surface area contributed by atoms with Crippen molar-refractivity contribution in [2.75, 3.05) is 35.6 Å². The molecule has 14 heteroatoms. The SMILES string of the molecule is O=S(=O)(O)CCCOc1cccc(NNc2cccc(OCCCS(=O)(=O)O)c2)c1.[Na].[Na]. The predicted octanol–water partition coefficient (Wildman–Crippen LogP) is 1.68. The van der Waals surface area contributed by atoms with Crippen LogP contribution in [0.1, 0.15) is 12.8 Å². The van der Waals surface area contributed by atoms with Crippen LogP contribution in [0.25, 0.3) is 0 Å². The summed E-state index contributed by atoms with van der Waals surface area (Å²) in [5, 5.41) is 0. The van der Waals surface area contributed by atoms with Crippen molar-refractivity contribution in [1.29, 1.82) is 0 Å². The zero-order valence-corrected chi connectivity index (χ0v) is 23.7. The van der Waals surface area contributed by atoms with Crippen LogP contribution in [0.5, 0.6) is 11.5 Å². The molecule has 0 aliphatic carbocycles. The zero-order chi connectivity index (χ0) is 22.0. The Hall–Kier alpha value is -0.540. The standard InChI is InChI=1S/C18H24N2O8S2.2Na/c21-29(22,23)11-3-9-27-17-7-1-5-15(13-17)19-20-16-6-2-8-18(14-16)28-10-4-12-30(24,25)26;;/h1-2,5-8,13-14,19-20H,3-4,9-12H2,(H,21,22,23)(H,24,25,26);;. The van der Waals surface area contributed by atoms with E-state index in [9.17, 15) is 16.8 Å². The van der Waals surface area contributed by atoms with Crippen LogP contribution in [0, 0.1) is 0 Å². The van der Waals surface area contributed by atoms with Gasteiger partial charge in [0.2, 0.25) is 0 Å². The minimum atomic E-state index is -3.99. The van der Waals surface area contributed by atoms with E-state index in [0.717, 1.165) is 0 Å². The van der Waals surface area contributed by atoms with E-state index in [1.54, 1.807) is 48.5 Å². The number of hydrogen-bond donors (Lipinski definition) is 4. The normalized spacial score (nSPS) is 10.9. The van der Waals surface area contributed by atoms with Gasteiger partial charge in [0.15, 0.2) is 0 Å². The number of rotatable bonds is 13. The van der Waals surface area contributed by atoms with Crippen molar-refractivity contribution in [2.24, 2.45) is 0 Å². The van der Waals surface area contributed by atoms with E-state index in [1.165, 1.54) is 0 Å². The van der Waals surface area contributed by atoms with Gasteiger partial charge in [-0.1, -0.05) is 12.1 Å². The van der Waals surface area contributed by atoms with E-state index in [-0.39, 0.29) is 96.7 Å². The first-order valence-electron chi connectivity index (χ1n) is 8.99. The summed E-state index contributed by atoms with van der Waals surface area (Å²) in [6.45, 7) is 0.293. The summed E-state index contributed by atoms with van der Waals surface area (Å²) in [7, 11) is -7.99. The second-order valence-electron chi connectivity index (χ2n) is 6.28. The molecule has 0 aromatic heterocycles. The fourth-order valence-electron chi connectivity index (χ4n) is 2.33. The van der Waals surface area contributed by atoms with E-state index in [1.807, 2.05) is 0 Å². The maximum atomic E-state index is 10.7. The summed E-state index contributed by atoms with van der Waals surface area (Å²) < 4.78 is 71.1. The van der Waals surface area contributed by atoms with Gasteiger partial charge in [0.05, 0.1) is 36.1 Å². The molecule has 0 saturated heterocycles. The number of ether oxygens (including phenoxy) is 2. The molecule has 0 fully saturated rings. The topological polar surface area (TPSA) is 151 Å². The third kappa shape index (κ3) is 14.6. The van der Waals surface area contributed by atoms with Crippen LogP contribution in [-0.2, 0) is 20.2 Å². The molecule has 0 amide bonds. The van der Waals surface area contributed by atoms with Crippen LogP contribution in [0.15, 0.2) is 48.5 Å². The zero-order valence-electron chi connectivity index (χ0n) is 18.0. The summed E-state index contributed by atoms with van der Waals surface area (Å²) in [6.07, 6.45) is 0.345. The Bertz CT molecular complexity index is 953. The number of benzene rings is 2. The molecule has 0 aliphatic heterocycles. The van der Waals surface area contributed by atoms with Crippen LogP contribution in [0.3, 0.4) is 0 Å². The first-order chi connectivity index (χ1) is 14.1. The van der Waals surface area contributed by atoms with Gasteiger partial charge < -0.3 is 20.3 Å². The Morgan fingerprint density at radius 1 is 0.688 bits per heavy atom. The molecule has 2 aromatic rings. The first kappa shape index (κ1) is 31.5. The fourth-order valence-corrected chi connectivity index (χ4v) is 3.30. The summed E-state index contributed by atoms with van der Waals surface area (Å²) >= 11 is 0. The van der Waals surface area contributed by atoms with E-state index in [0.29, 0.717) is 22.9 Å². The maximum Gasteiger partial charge on any atom is 0.264 e. The molecule has 0 heterocycles. The Morgan fingerprint density at radius 2 is 1.06 bits per heavy atom. The van der Waals surface area contributed by atoms with Crippen molar-refractivity contribution in [3.05, 3.63) is 48.5 Å². The van der Waals surface area contributed by atoms with Crippen LogP contribution in [-0.4, -0.2) is 110 Å². The van der Waals surface area contributed by atoms with Crippen LogP contribution in [0.2, 0.25) is 0 Å². The molecule has 4 N–H and O–H groups in total.